The zero-order valence-corrected chi connectivity index (χ0v) is 17.3. The van der Waals surface area contributed by atoms with Gasteiger partial charge in [-0.3, -0.25) is 4.79 Å². The van der Waals surface area contributed by atoms with E-state index in [1.54, 1.807) is 4.90 Å². The van der Waals surface area contributed by atoms with Gasteiger partial charge in [0.2, 0.25) is 15.9 Å². The summed E-state index contributed by atoms with van der Waals surface area (Å²) in [5.74, 6) is -0.0400. The molecule has 1 spiro atoms. The molecule has 4 rings (SSSR count). The van der Waals surface area contributed by atoms with Gasteiger partial charge in [0.25, 0.3) is 0 Å². The molecule has 0 atom stereocenters. The summed E-state index contributed by atoms with van der Waals surface area (Å²) in [6.45, 7) is 1.94. The summed E-state index contributed by atoms with van der Waals surface area (Å²) in [5.41, 5.74) is 2.76. The Hall–Kier alpha value is -2.23. The number of carbonyl (C=O) groups excluding carboxylic acids is 1. The van der Waals surface area contributed by atoms with Crippen LogP contribution in [0.15, 0.2) is 36.5 Å². The number of para-hydroxylation sites is 1. The Kier molecular flexibility index (Phi) is 5.46. The van der Waals surface area contributed by atoms with Crippen molar-refractivity contribution in [2.45, 2.75) is 31.3 Å². The van der Waals surface area contributed by atoms with E-state index in [1.807, 2.05) is 35.0 Å². The van der Waals surface area contributed by atoms with E-state index in [2.05, 4.69) is 10.9 Å². The molecule has 1 aromatic carbocycles. The molecule has 29 heavy (non-hydrogen) atoms. The maximum atomic E-state index is 12.4. The number of piperidine rings is 1. The number of likely N-dealkylation sites (tertiary alicyclic amines) is 1. The van der Waals surface area contributed by atoms with Crippen molar-refractivity contribution in [3.05, 3.63) is 47.8 Å². The summed E-state index contributed by atoms with van der Waals surface area (Å²) in [7, 11) is -3.28. The molecule has 1 amide bonds. The second kappa shape index (κ2) is 7.89. The second-order valence-electron chi connectivity index (χ2n) is 7.67. The van der Waals surface area contributed by atoms with Crippen LogP contribution in [0.5, 0.6) is 0 Å². The van der Waals surface area contributed by atoms with Crippen molar-refractivity contribution >= 4 is 15.9 Å². The molecular formula is C20H26N4O4S. The summed E-state index contributed by atoms with van der Waals surface area (Å²) >= 11 is 0. The van der Waals surface area contributed by atoms with Crippen LogP contribution in [0.3, 0.4) is 0 Å². The van der Waals surface area contributed by atoms with E-state index in [9.17, 15) is 13.2 Å². The average Bonchev–Trinajstić information content (AvgIpc) is 3.14. The first-order valence-electron chi connectivity index (χ1n) is 9.87. The Morgan fingerprint density at radius 1 is 1.24 bits per heavy atom. The van der Waals surface area contributed by atoms with Gasteiger partial charge in [0.05, 0.1) is 24.2 Å². The van der Waals surface area contributed by atoms with E-state index in [4.69, 9.17) is 9.84 Å². The lowest BCUT2D eigenvalue weighted by atomic mass is 9.83. The number of benzene rings is 1. The quantitative estimate of drug-likeness (QED) is 0.788. The van der Waals surface area contributed by atoms with Crippen molar-refractivity contribution in [3.63, 3.8) is 0 Å². The third kappa shape index (κ3) is 4.36. The van der Waals surface area contributed by atoms with Crippen LogP contribution in [-0.4, -0.2) is 61.5 Å². The van der Waals surface area contributed by atoms with Gasteiger partial charge in [0.1, 0.15) is 5.60 Å². The van der Waals surface area contributed by atoms with Crippen LogP contribution in [0.2, 0.25) is 0 Å². The van der Waals surface area contributed by atoms with Gasteiger partial charge in [-0.05, 0) is 37.0 Å². The van der Waals surface area contributed by atoms with E-state index >= 15 is 0 Å². The summed E-state index contributed by atoms with van der Waals surface area (Å²) < 4.78 is 32.8. The molecule has 156 valence electrons. The topological polar surface area (TPSA) is 93.5 Å². The molecule has 0 unspecified atom stereocenters. The lowest BCUT2D eigenvalue weighted by Gasteiger charge is -2.43. The predicted octanol–water partition coefficient (Wildman–Crippen LogP) is 1.20. The Bertz CT molecular complexity index is 979. The van der Waals surface area contributed by atoms with Gasteiger partial charge < -0.3 is 9.64 Å². The zero-order valence-electron chi connectivity index (χ0n) is 16.5. The highest BCUT2D eigenvalue weighted by Crippen LogP contribution is 2.41. The monoisotopic (exact) mass is 418 g/mol. The standard InChI is InChI=1S/C20H26N4O4S/c1-29(26,27)21-11-7-18(25)23-12-9-20(10-13-23)19-16(8-14-28-20)15-24(22-19)17-5-3-2-4-6-17/h2-6,15,21H,7-14H2,1H3. The molecule has 0 saturated carbocycles. The van der Waals surface area contributed by atoms with Gasteiger partial charge in [0.15, 0.2) is 0 Å². The molecule has 2 aromatic rings. The largest absolute Gasteiger partial charge is 0.368 e. The van der Waals surface area contributed by atoms with E-state index < -0.39 is 15.6 Å². The lowest BCUT2D eigenvalue weighted by Crippen LogP contribution is -2.48. The number of nitrogens with one attached hydrogen (secondary N) is 1. The minimum absolute atomic E-state index is 0.0400. The number of ether oxygens (including phenoxy) is 1. The van der Waals surface area contributed by atoms with E-state index in [0.717, 1.165) is 24.1 Å². The maximum absolute atomic E-state index is 12.4. The highest BCUT2D eigenvalue weighted by atomic mass is 32.2. The van der Waals surface area contributed by atoms with Crippen molar-refractivity contribution in [2.75, 3.05) is 32.5 Å². The molecule has 1 aromatic heterocycles. The maximum Gasteiger partial charge on any atom is 0.223 e. The first-order valence-corrected chi connectivity index (χ1v) is 11.8. The molecule has 1 N–H and O–H groups in total. The van der Waals surface area contributed by atoms with Crippen LogP contribution in [0.25, 0.3) is 5.69 Å². The van der Waals surface area contributed by atoms with Crippen LogP contribution in [0, 0.1) is 0 Å². The van der Waals surface area contributed by atoms with Crippen molar-refractivity contribution in [2.24, 2.45) is 0 Å². The Morgan fingerprint density at radius 2 is 1.97 bits per heavy atom. The number of rotatable bonds is 5. The molecule has 8 nitrogen and oxygen atoms in total. The van der Waals surface area contributed by atoms with Crippen molar-refractivity contribution in [1.29, 1.82) is 0 Å². The highest BCUT2D eigenvalue weighted by Gasteiger charge is 2.44. The molecule has 0 bridgehead atoms. The molecule has 1 fully saturated rings. The average molecular weight is 419 g/mol. The molecule has 0 radical (unpaired) electrons. The van der Waals surface area contributed by atoms with Gasteiger partial charge in [-0.2, -0.15) is 5.10 Å². The Labute approximate surface area is 170 Å². The molecule has 1 saturated heterocycles. The number of hydrogen-bond acceptors (Lipinski definition) is 5. The van der Waals surface area contributed by atoms with Crippen molar-refractivity contribution in [3.8, 4) is 5.69 Å². The number of hydrogen-bond donors (Lipinski definition) is 1. The van der Waals surface area contributed by atoms with Crippen molar-refractivity contribution < 1.29 is 17.9 Å². The molecule has 2 aliphatic rings. The minimum Gasteiger partial charge on any atom is -0.368 e. The van der Waals surface area contributed by atoms with Crippen molar-refractivity contribution in [1.82, 2.24) is 19.4 Å². The predicted molar refractivity (Wildman–Crippen MR) is 108 cm³/mol. The van der Waals surface area contributed by atoms with Crippen LogP contribution >= 0.6 is 0 Å². The van der Waals surface area contributed by atoms with E-state index in [0.29, 0.717) is 32.5 Å². The van der Waals surface area contributed by atoms with E-state index in [-0.39, 0.29) is 18.9 Å². The fourth-order valence-corrected chi connectivity index (χ4v) is 4.59. The molecule has 3 heterocycles. The third-order valence-electron chi connectivity index (χ3n) is 5.62. The highest BCUT2D eigenvalue weighted by molar-refractivity contribution is 7.88. The number of fused-ring (bicyclic) bond motifs is 2. The fraction of sp³-hybridized carbons (Fsp3) is 0.500. The summed E-state index contributed by atoms with van der Waals surface area (Å²) in [5, 5.41) is 4.86. The SMILES string of the molecule is CS(=O)(=O)NCCC(=O)N1CCC2(CC1)OCCc1cn(-c3ccccc3)nc12. The normalized spacial score (nSPS) is 18.6. The number of carbonyl (C=O) groups is 1. The van der Waals surface area contributed by atoms with Crippen LogP contribution in [-0.2, 0) is 31.6 Å². The van der Waals surface area contributed by atoms with Gasteiger partial charge >= 0.3 is 0 Å². The van der Waals surface area contributed by atoms with Gasteiger partial charge in [-0.25, -0.2) is 17.8 Å². The Balaban J connectivity index is 1.44. The summed E-state index contributed by atoms with van der Waals surface area (Å²) in [6, 6.07) is 10.0. The number of amides is 1. The molecule has 0 aliphatic carbocycles. The van der Waals surface area contributed by atoms with Crippen LogP contribution in [0.4, 0.5) is 0 Å². The first kappa shape index (κ1) is 20.1. The van der Waals surface area contributed by atoms with Gasteiger partial charge in [-0.15, -0.1) is 0 Å². The summed E-state index contributed by atoms with van der Waals surface area (Å²) in [6.07, 6.45) is 5.56. The van der Waals surface area contributed by atoms with Gasteiger partial charge in [0, 0.05) is 32.3 Å². The smallest absolute Gasteiger partial charge is 0.223 e. The molecule has 9 heteroatoms. The van der Waals surface area contributed by atoms with Gasteiger partial charge in [-0.1, -0.05) is 18.2 Å². The fourth-order valence-electron chi connectivity index (χ4n) is 4.11. The van der Waals surface area contributed by atoms with E-state index in [1.165, 1.54) is 5.56 Å². The summed E-state index contributed by atoms with van der Waals surface area (Å²) in [4.78, 5) is 14.2. The minimum atomic E-state index is -3.28. The zero-order chi connectivity index (χ0) is 20.5. The number of aromatic nitrogens is 2. The lowest BCUT2D eigenvalue weighted by molar-refractivity contribution is -0.141. The van der Waals surface area contributed by atoms with Crippen LogP contribution < -0.4 is 4.72 Å². The molecule has 2 aliphatic heterocycles. The third-order valence-corrected chi connectivity index (χ3v) is 6.35. The Morgan fingerprint density at radius 3 is 2.66 bits per heavy atom. The number of nitrogens with zero attached hydrogens (tertiary/aromatic N) is 3. The number of sulfonamides is 1. The molecular weight excluding hydrogens is 392 g/mol. The second-order valence-corrected chi connectivity index (χ2v) is 9.51. The first-order chi connectivity index (χ1) is 13.9. The van der Waals surface area contributed by atoms with Crippen LogP contribution in [0.1, 0.15) is 30.5 Å².